The van der Waals surface area contributed by atoms with Crippen molar-refractivity contribution in [3.63, 3.8) is 0 Å². The second-order valence-corrected chi connectivity index (χ2v) is 9.57. The monoisotopic (exact) mass is 516 g/mol. The molecule has 1 fully saturated rings. The highest BCUT2D eigenvalue weighted by atomic mass is 35.5. The molecule has 0 radical (unpaired) electrons. The Bertz CT molecular complexity index is 1210. The van der Waals surface area contributed by atoms with E-state index in [2.05, 4.69) is 10.5 Å². The van der Waals surface area contributed by atoms with Crippen LogP contribution in [-0.2, 0) is 20.0 Å². The van der Waals surface area contributed by atoms with E-state index in [1.165, 1.54) is 13.0 Å². The second kappa shape index (κ2) is 8.19. The molecule has 3 atom stereocenters. The van der Waals surface area contributed by atoms with Crippen molar-refractivity contribution in [2.45, 2.75) is 37.3 Å². The van der Waals surface area contributed by atoms with Crippen molar-refractivity contribution in [1.29, 1.82) is 0 Å². The van der Waals surface area contributed by atoms with Crippen LogP contribution in [0.5, 0.6) is 0 Å². The maximum atomic E-state index is 14.7. The Morgan fingerprint density at radius 1 is 1.21 bits per heavy atom. The third kappa shape index (κ3) is 3.79. The van der Waals surface area contributed by atoms with Gasteiger partial charge in [-0.05, 0) is 36.2 Å². The highest BCUT2D eigenvalue weighted by molar-refractivity contribution is 6.34. The van der Waals surface area contributed by atoms with Crippen LogP contribution in [0.25, 0.3) is 0 Å². The van der Waals surface area contributed by atoms with E-state index in [0.717, 1.165) is 17.7 Å². The summed E-state index contributed by atoms with van der Waals surface area (Å²) in [6.45, 7) is 2.51. The summed E-state index contributed by atoms with van der Waals surface area (Å²) < 4.78 is 63.6. The van der Waals surface area contributed by atoms with E-state index in [9.17, 15) is 22.4 Å². The third-order valence-electron chi connectivity index (χ3n) is 6.39. The summed E-state index contributed by atoms with van der Waals surface area (Å²) in [5.74, 6) is -3.42. The van der Waals surface area contributed by atoms with E-state index in [0.29, 0.717) is 18.7 Å². The molecule has 2 aromatic rings. The molecule has 3 aliphatic rings. The molecular formula is C23H18Cl2F4N2O3. The molecule has 5 rings (SSSR count). The minimum Gasteiger partial charge on any atom is -0.386 e. The molecule has 0 amide bonds. The number of hydrogen-bond acceptors (Lipinski definition) is 5. The Morgan fingerprint density at radius 3 is 2.56 bits per heavy atom. The molecule has 0 aromatic heterocycles. The van der Waals surface area contributed by atoms with Crippen LogP contribution < -0.4 is 5.32 Å². The largest absolute Gasteiger partial charge is 0.401 e. The Labute approximate surface area is 202 Å². The molecule has 11 heteroatoms. The minimum absolute atomic E-state index is 0.0273. The number of hydrogen-bond donors (Lipinski definition) is 1. The zero-order valence-electron chi connectivity index (χ0n) is 17.7. The first-order valence-electron chi connectivity index (χ1n) is 10.5. The van der Waals surface area contributed by atoms with Crippen LogP contribution in [0.15, 0.2) is 35.5 Å². The first kappa shape index (κ1) is 23.5. The quantitative estimate of drug-likeness (QED) is 0.422. The maximum absolute atomic E-state index is 14.7. The predicted molar refractivity (Wildman–Crippen MR) is 116 cm³/mol. The summed E-state index contributed by atoms with van der Waals surface area (Å²) in [5.41, 5.74) is 0.182. The summed E-state index contributed by atoms with van der Waals surface area (Å²) in [4.78, 5) is 16.9. The van der Waals surface area contributed by atoms with Crippen molar-refractivity contribution in [2.24, 2.45) is 11.1 Å². The number of fused-ring (bicyclic) bond motifs is 2. The average Bonchev–Trinajstić information content (AvgIpc) is 3.30. The number of rotatable bonds is 4. The number of carbonyl (C=O) groups is 1. The van der Waals surface area contributed by atoms with Crippen molar-refractivity contribution >= 4 is 34.7 Å². The highest BCUT2D eigenvalue weighted by Gasteiger charge is 2.55. The van der Waals surface area contributed by atoms with Crippen LogP contribution >= 0.6 is 23.2 Å². The number of nitrogens with zero attached hydrogens (tertiary/aromatic N) is 1. The first-order valence-corrected chi connectivity index (χ1v) is 11.2. The molecule has 3 heterocycles. The van der Waals surface area contributed by atoms with E-state index in [-0.39, 0.29) is 22.8 Å². The smallest absolute Gasteiger partial charge is 0.386 e. The van der Waals surface area contributed by atoms with Gasteiger partial charge < -0.3 is 14.9 Å². The van der Waals surface area contributed by atoms with Crippen molar-refractivity contribution in [3.05, 3.63) is 68.4 Å². The van der Waals surface area contributed by atoms with E-state index < -0.39 is 52.0 Å². The van der Waals surface area contributed by atoms with Gasteiger partial charge in [0, 0.05) is 35.7 Å². The highest BCUT2D eigenvalue weighted by Crippen LogP contribution is 2.50. The van der Waals surface area contributed by atoms with Gasteiger partial charge in [-0.3, -0.25) is 4.79 Å². The van der Waals surface area contributed by atoms with Gasteiger partial charge in [-0.2, -0.15) is 13.2 Å². The van der Waals surface area contributed by atoms with Gasteiger partial charge in [-0.1, -0.05) is 40.5 Å². The number of nitrogens with one attached hydrogen (secondary N) is 1. The average molecular weight is 517 g/mol. The number of benzene rings is 2. The van der Waals surface area contributed by atoms with Crippen molar-refractivity contribution in [2.75, 3.05) is 13.1 Å². The Morgan fingerprint density at radius 2 is 1.94 bits per heavy atom. The van der Waals surface area contributed by atoms with Crippen molar-refractivity contribution in [1.82, 2.24) is 5.32 Å². The SMILES string of the molecule is CC(=O)CC1OC2(CNC2)c2ccc(C3=NOC(c4cc(Cl)cc(Cl)c4F)C3C(F)(F)F)cc21. The van der Waals surface area contributed by atoms with Crippen molar-refractivity contribution < 1.29 is 31.9 Å². The Hall–Kier alpha value is -2.20. The summed E-state index contributed by atoms with van der Waals surface area (Å²) in [5, 5.41) is 6.41. The molecule has 3 unspecified atom stereocenters. The fraction of sp³-hybridized carbons (Fsp3) is 0.391. The van der Waals surface area contributed by atoms with Gasteiger partial charge in [0.15, 0.2) is 6.10 Å². The van der Waals surface area contributed by atoms with E-state index in [1.54, 1.807) is 12.1 Å². The number of Topliss-reactive ketones (excluding diaryl/α,β-unsaturated/α-hetero) is 1. The topological polar surface area (TPSA) is 59.9 Å². The van der Waals surface area contributed by atoms with Crippen LogP contribution in [0, 0.1) is 11.7 Å². The molecule has 1 saturated heterocycles. The zero-order valence-corrected chi connectivity index (χ0v) is 19.2. The minimum atomic E-state index is -4.81. The fourth-order valence-electron chi connectivity index (χ4n) is 4.79. The number of ether oxygens (including phenoxy) is 1. The van der Waals surface area contributed by atoms with E-state index in [4.69, 9.17) is 32.8 Å². The molecule has 1 N–H and O–H groups in total. The lowest BCUT2D eigenvalue weighted by atomic mass is 9.83. The number of ketones is 1. The summed E-state index contributed by atoms with van der Waals surface area (Å²) in [6.07, 6.45) is -7.10. The van der Waals surface area contributed by atoms with Gasteiger partial charge in [0.25, 0.3) is 0 Å². The van der Waals surface area contributed by atoms with Gasteiger partial charge in [0.1, 0.15) is 28.8 Å². The van der Waals surface area contributed by atoms with Crippen LogP contribution in [-0.4, -0.2) is 30.8 Å². The van der Waals surface area contributed by atoms with Gasteiger partial charge in [-0.25, -0.2) is 4.39 Å². The van der Waals surface area contributed by atoms with Gasteiger partial charge in [-0.15, -0.1) is 0 Å². The number of alkyl halides is 3. The molecule has 1 spiro atoms. The fourth-order valence-corrected chi connectivity index (χ4v) is 5.30. The molecule has 2 aromatic carbocycles. The van der Waals surface area contributed by atoms with Crippen LogP contribution in [0.3, 0.4) is 0 Å². The van der Waals surface area contributed by atoms with E-state index in [1.807, 2.05) is 0 Å². The number of halogens is 6. The molecule has 34 heavy (non-hydrogen) atoms. The molecule has 0 bridgehead atoms. The molecular weight excluding hydrogens is 499 g/mol. The van der Waals surface area contributed by atoms with Crippen molar-refractivity contribution in [3.8, 4) is 0 Å². The molecule has 3 aliphatic heterocycles. The normalized spacial score (nSPS) is 25.0. The van der Waals surface area contributed by atoms with Crippen LogP contribution in [0.2, 0.25) is 10.0 Å². The zero-order chi connectivity index (χ0) is 24.4. The number of carbonyl (C=O) groups excluding carboxylic acids is 1. The van der Waals surface area contributed by atoms with E-state index >= 15 is 0 Å². The standard InChI is InChI=1S/C23H18Cl2F4N2O3/c1-10(32)4-17-13-5-11(2-3-15(13)22(33-17)8-30-9-22)20-18(23(27,28)29)21(34-31-20)14-6-12(24)7-16(25)19(14)26/h2-3,5-7,17-18,21,30H,4,8-9H2,1H3. The lowest BCUT2D eigenvalue weighted by molar-refractivity contribution is -0.178. The van der Waals surface area contributed by atoms with Crippen LogP contribution in [0.1, 0.15) is 47.8 Å². The summed E-state index contributed by atoms with van der Waals surface area (Å²) >= 11 is 11.7. The summed E-state index contributed by atoms with van der Waals surface area (Å²) in [6, 6.07) is 6.93. The molecule has 0 aliphatic carbocycles. The summed E-state index contributed by atoms with van der Waals surface area (Å²) in [7, 11) is 0. The Balaban J connectivity index is 1.56. The molecule has 180 valence electrons. The molecule has 5 nitrogen and oxygen atoms in total. The van der Waals surface area contributed by atoms with Gasteiger partial charge in [0.2, 0.25) is 0 Å². The Kier molecular flexibility index (Phi) is 5.67. The lowest BCUT2D eigenvalue weighted by Gasteiger charge is -2.39. The predicted octanol–water partition coefficient (Wildman–Crippen LogP) is 5.64. The maximum Gasteiger partial charge on any atom is 0.401 e. The van der Waals surface area contributed by atoms with Crippen LogP contribution in [0.4, 0.5) is 17.6 Å². The second-order valence-electron chi connectivity index (χ2n) is 8.73. The van der Waals surface area contributed by atoms with Gasteiger partial charge in [0.05, 0.1) is 11.1 Å². The third-order valence-corrected chi connectivity index (χ3v) is 6.88. The van der Waals surface area contributed by atoms with Gasteiger partial charge >= 0.3 is 6.18 Å². The number of oxime groups is 1. The lowest BCUT2D eigenvalue weighted by Crippen LogP contribution is -2.56. The first-order chi connectivity index (χ1) is 16.0. The molecule has 0 saturated carbocycles.